The maximum atomic E-state index is 12.6. The van der Waals surface area contributed by atoms with Crippen molar-refractivity contribution in [3.63, 3.8) is 0 Å². The highest BCUT2D eigenvalue weighted by Gasteiger charge is 2.37. The van der Waals surface area contributed by atoms with E-state index >= 15 is 0 Å². The molecule has 4 nitrogen and oxygen atoms in total. The van der Waals surface area contributed by atoms with Crippen LogP contribution in [0.4, 0.5) is 13.2 Å². The molecule has 0 aliphatic heterocycles. The number of hydrogen-bond donors (Lipinski definition) is 1. The summed E-state index contributed by atoms with van der Waals surface area (Å²) in [5.41, 5.74) is 1.25. The maximum absolute atomic E-state index is 12.6. The van der Waals surface area contributed by atoms with E-state index in [0.29, 0.717) is 21.7 Å². The fourth-order valence-electron chi connectivity index (χ4n) is 2.07. The third-order valence-electron chi connectivity index (χ3n) is 2.89. The molecule has 1 N–H and O–H groups in total. The molecule has 2 aromatic rings. The summed E-state index contributed by atoms with van der Waals surface area (Å²) in [6.07, 6.45) is -3.60. The lowest BCUT2D eigenvalue weighted by atomic mass is 10.1. The Bertz CT molecular complexity index is 743. The zero-order valence-corrected chi connectivity index (χ0v) is 10.4. The van der Waals surface area contributed by atoms with Gasteiger partial charge in [0, 0.05) is 22.3 Å². The standard InChI is InChI=1S/C12H5ClF3N3O/c13-5-1-2-6-7(3-5)10(19-20)9-8(6)4-17-11(18-9)12(14,15)16/h1-4,20H. The number of rotatable bonds is 0. The van der Waals surface area contributed by atoms with E-state index in [-0.39, 0.29) is 11.4 Å². The third-order valence-corrected chi connectivity index (χ3v) is 3.13. The first-order valence-corrected chi connectivity index (χ1v) is 5.76. The van der Waals surface area contributed by atoms with E-state index in [1.807, 2.05) is 0 Å². The largest absolute Gasteiger partial charge is 0.451 e. The lowest BCUT2D eigenvalue weighted by Crippen LogP contribution is -2.13. The summed E-state index contributed by atoms with van der Waals surface area (Å²) in [5.74, 6) is -1.28. The van der Waals surface area contributed by atoms with Crippen molar-refractivity contribution in [2.75, 3.05) is 0 Å². The fraction of sp³-hybridized carbons (Fsp3) is 0.0833. The molecule has 0 amide bonds. The van der Waals surface area contributed by atoms with E-state index in [0.717, 1.165) is 6.20 Å². The molecule has 0 spiro atoms. The first-order valence-electron chi connectivity index (χ1n) is 5.39. The molecule has 8 heteroatoms. The highest BCUT2D eigenvalue weighted by Crippen LogP contribution is 2.38. The van der Waals surface area contributed by atoms with Crippen molar-refractivity contribution in [3.8, 4) is 11.1 Å². The monoisotopic (exact) mass is 299 g/mol. The SMILES string of the molecule is ON=C1c2cc(Cl)ccc2-c2cnc(C(F)(F)F)nc21. The first-order chi connectivity index (χ1) is 9.41. The van der Waals surface area contributed by atoms with Gasteiger partial charge < -0.3 is 5.21 Å². The highest BCUT2D eigenvalue weighted by molar-refractivity contribution is 6.32. The van der Waals surface area contributed by atoms with Crippen molar-refractivity contribution in [2.45, 2.75) is 6.18 Å². The summed E-state index contributed by atoms with van der Waals surface area (Å²) in [4.78, 5) is 6.76. The van der Waals surface area contributed by atoms with Crippen LogP contribution in [0.15, 0.2) is 29.6 Å². The minimum Gasteiger partial charge on any atom is -0.410 e. The van der Waals surface area contributed by atoms with E-state index in [2.05, 4.69) is 15.1 Å². The summed E-state index contributed by atoms with van der Waals surface area (Å²) < 4.78 is 37.9. The van der Waals surface area contributed by atoms with Gasteiger partial charge in [0.25, 0.3) is 0 Å². The average molecular weight is 300 g/mol. The second-order valence-electron chi connectivity index (χ2n) is 4.09. The molecule has 0 fully saturated rings. The van der Waals surface area contributed by atoms with Crippen molar-refractivity contribution in [1.82, 2.24) is 9.97 Å². The molecule has 1 aromatic carbocycles. The molecule has 0 radical (unpaired) electrons. The normalized spacial score (nSPS) is 15.3. The number of alkyl halides is 3. The second-order valence-corrected chi connectivity index (χ2v) is 4.53. The Morgan fingerprint density at radius 2 is 1.90 bits per heavy atom. The van der Waals surface area contributed by atoms with Crippen LogP contribution in [0.1, 0.15) is 17.1 Å². The average Bonchev–Trinajstić information content (AvgIpc) is 2.69. The fourth-order valence-corrected chi connectivity index (χ4v) is 2.24. The number of fused-ring (bicyclic) bond motifs is 3. The van der Waals surface area contributed by atoms with Gasteiger partial charge in [0.2, 0.25) is 5.82 Å². The smallest absolute Gasteiger partial charge is 0.410 e. The van der Waals surface area contributed by atoms with Crippen molar-refractivity contribution in [3.05, 3.63) is 46.5 Å². The minimum absolute atomic E-state index is 0.0506. The van der Waals surface area contributed by atoms with Crippen molar-refractivity contribution >= 4 is 17.3 Å². The van der Waals surface area contributed by atoms with Gasteiger partial charge in [0.05, 0.1) is 0 Å². The quantitative estimate of drug-likeness (QED) is 0.511. The van der Waals surface area contributed by atoms with Gasteiger partial charge in [0.15, 0.2) is 0 Å². The highest BCUT2D eigenvalue weighted by atomic mass is 35.5. The van der Waals surface area contributed by atoms with Crippen LogP contribution in [0.25, 0.3) is 11.1 Å². The zero-order chi connectivity index (χ0) is 14.5. The Morgan fingerprint density at radius 3 is 2.55 bits per heavy atom. The topological polar surface area (TPSA) is 58.4 Å². The summed E-state index contributed by atoms with van der Waals surface area (Å²) >= 11 is 5.84. The van der Waals surface area contributed by atoms with Gasteiger partial charge in [-0.05, 0) is 17.7 Å². The Hall–Kier alpha value is -2.15. The van der Waals surface area contributed by atoms with Crippen LogP contribution < -0.4 is 0 Å². The van der Waals surface area contributed by atoms with E-state index < -0.39 is 12.0 Å². The molecule has 0 saturated heterocycles. The molecule has 3 rings (SSSR count). The molecule has 0 saturated carbocycles. The lowest BCUT2D eigenvalue weighted by Gasteiger charge is -2.06. The van der Waals surface area contributed by atoms with E-state index in [9.17, 15) is 13.2 Å². The van der Waals surface area contributed by atoms with Gasteiger partial charge in [-0.2, -0.15) is 13.2 Å². The molecule has 0 atom stereocenters. The van der Waals surface area contributed by atoms with E-state index in [1.165, 1.54) is 6.07 Å². The van der Waals surface area contributed by atoms with E-state index in [1.54, 1.807) is 12.1 Å². The number of aromatic nitrogens is 2. The molecule has 0 unspecified atom stereocenters. The minimum atomic E-state index is -4.66. The molecule has 1 aromatic heterocycles. The van der Waals surface area contributed by atoms with Crippen LogP contribution in [0.3, 0.4) is 0 Å². The van der Waals surface area contributed by atoms with Crippen molar-refractivity contribution in [1.29, 1.82) is 0 Å². The number of hydrogen-bond acceptors (Lipinski definition) is 4. The van der Waals surface area contributed by atoms with Gasteiger partial charge in [-0.3, -0.25) is 0 Å². The number of halogens is 4. The third kappa shape index (κ3) is 1.82. The summed E-state index contributed by atoms with van der Waals surface area (Å²) in [6.45, 7) is 0. The first kappa shape index (κ1) is 12.9. The van der Waals surface area contributed by atoms with Crippen LogP contribution >= 0.6 is 11.6 Å². The van der Waals surface area contributed by atoms with Crippen LogP contribution in [0.5, 0.6) is 0 Å². The lowest BCUT2D eigenvalue weighted by molar-refractivity contribution is -0.145. The Labute approximate surface area is 115 Å². The maximum Gasteiger partial charge on any atom is 0.451 e. The zero-order valence-electron chi connectivity index (χ0n) is 9.61. The van der Waals surface area contributed by atoms with Crippen LogP contribution in [0, 0.1) is 0 Å². The van der Waals surface area contributed by atoms with Gasteiger partial charge in [-0.25, -0.2) is 9.97 Å². The van der Waals surface area contributed by atoms with Gasteiger partial charge in [-0.1, -0.05) is 22.8 Å². The molecule has 0 bridgehead atoms. The molecule has 20 heavy (non-hydrogen) atoms. The summed E-state index contributed by atoms with van der Waals surface area (Å²) in [6, 6.07) is 4.70. The predicted octanol–water partition coefficient (Wildman–Crippen LogP) is 3.36. The molecular formula is C12H5ClF3N3O. The summed E-state index contributed by atoms with van der Waals surface area (Å²) in [5, 5.41) is 12.5. The second kappa shape index (κ2) is 4.17. The predicted molar refractivity (Wildman–Crippen MR) is 64.9 cm³/mol. The van der Waals surface area contributed by atoms with Crippen LogP contribution in [0.2, 0.25) is 5.02 Å². The number of nitrogens with zero attached hydrogens (tertiary/aromatic N) is 3. The van der Waals surface area contributed by atoms with Gasteiger partial charge >= 0.3 is 6.18 Å². The van der Waals surface area contributed by atoms with E-state index in [4.69, 9.17) is 16.8 Å². The Kier molecular flexibility index (Phi) is 2.68. The Balaban J connectivity index is 2.27. The van der Waals surface area contributed by atoms with Crippen LogP contribution in [-0.2, 0) is 6.18 Å². The van der Waals surface area contributed by atoms with Gasteiger partial charge in [0.1, 0.15) is 11.4 Å². The number of oxime groups is 1. The van der Waals surface area contributed by atoms with Crippen molar-refractivity contribution in [2.24, 2.45) is 5.16 Å². The molecular weight excluding hydrogens is 295 g/mol. The Morgan fingerprint density at radius 1 is 1.15 bits per heavy atom. The van der Waals surface area contributed by atoms with Gasteiger partial charge in [-0.15, -0.1) is 0 Å². The molecule has 1 heterocycles. The summed E-state index contributed by atoms with van der Waals surface area (Å²) in [7, 11) is 0. The molecule has 1 aliphatic carbocycles. The number of benzene rings is 1. The van der Waals surface area contributed by atoms with Crippen LogP contribution in [-0.4, -0.2) is 20.9 Å². The molecule has 102 valence electrons. The van der Waals surface area contributed by atoms with Crippen molar-refractivity contribution < 1.29 is 18.4 Å². The molecule has 1 aliphatic rings.